The summed E-state index contributed by atoms with van der Waals surface area (Å²) in [5.74, 6) is -0.0411. The van der Waals surface area contributed by atoms with E-state index in [1.54, 1.807) is 4.90 Å². The van der Waals surface area contributed by atoms with Gasteiger partial charge in [-0.2, -0.15) is 0 Å². The number of carbonyl (C=O) groups excluding carboxylic acids is 2. The lowest BCUT2D eigenvalue weighted by Crippen LogP contribution is -2.37. The predicted octanol–water partition coefficient (Wildman–Crippen LogP) is 0.384. The molecule has 0 unspecified atom stereocenters. The first-order valence-electron chi connectivity index (χ1n) is 6.51. The zero-order chi connectivity index (χ0) is 13.7. The SMILES string of the molecule is NCc1ccc(CNC(=O)CN2CCCC2=O)cc1. The molecule has 1 aliphatic rings. The summed E-state index contributed by atoms with van der Waals surface area (Å²) in [5.41, 5.74) is 7.61. The normalized spacial score (nSPS) is 14.8. The molecule has 1 aromatic rings. The molecule has 102 valence electrons. The van der Waals surface area contributed by atoms with Crippen molar-refractivity contribution in [2.24, 2.45) is 5.73 Å². The van der Waals surface area contributed by atoms with Crippen molar-refractivity contribution < 1.29 is 9.59 Å². The number of rotatable bonds is 5. The fraction of sp³-hybridized carbons (Fsp3) is 0.429. The van der Waals surface area contributed by atoms with Gasteiger partial charge in [0.05, 0.1) is 6.54 Å². The third kappa shape index (κ3) is 3.79. The molecular weight excluding hydrogens is 242 g/mol. The lowest BCUT2D eigenvalue weighted by atomic mass is 10.1. The van der Waals surface area contributed by atoms with E-state index < -0.39 is 0 Å². The highest BCUT2D eigenvalue weighted by Crippen LogP contribution is 2.08. The first kappa shape index (κ1) is 13.5. The summed E-state index contributed by atoms with van der Waals surface area (Å²) in [6.07, 6.45) is 1.42. The summed E-state index contributed by atoms with van der Waals surface area (Å²) in [4.78, 5) is 24.7. The molecule has 2 amide bonds. The van der Waals surface area contributed by atoms with Crippen LogP contribution in [-0.2, 0) is 22.7 Å². The Balaban J connectivity index is 1.77. The van der Waals surface area contributed by atoms with Crippen LogP contribution in [0.3, 0.4) is 0 Å². The monoisotopic (exact) mass is 261 g/mol. The van der Waals surface area contributed by atoms with Crippen molar-refractivity contribution in [2.45, 2.75) is 25.9 Å². The number of hydrogen-bond donors (Lipinski definition) is 2. The molecule has 0 atom stereocenters. The second kappa shape index (κ2) is 6.33. The first-order chi connectivity index (χ1) is 9.19. The van der Waals surface area contributed by atoms with E-state index >= 15 is 0 Å². The molecule has 3 N–H and O–H groups in total. The largest absolute Gasteiger partial charge is 0.350 e. The van der Waals surface area contributed by atoms with Crippen LogP contribution in [0.4, 0.5) is 0 Å². The van der Waals surface area contributed by atoms with Gasteiger partial charge in [0.15, 0.2) is 0 Å². The van der Waals surface area contributed by atoms with Crippen molar-refractivity contribution in [1.29, 1.82) is 0 Å². The summed E-state index contributed by atoms with van der Waals surface area (Å²) in [7, 11) is 0. The Labute approximate surface area is 112 Å². The Morgan fingerprint density at radius 1 is 1.26 bits per heavy atom. The molecule has 19 heavy (non-hydrogen) atoms. The molecule has 1 aromatic carbocycles. The van der Waals surface area contributed by atoms with Crippen LogP contribution in [0.1, 0.15) is 24.0 Å². The Morgan fingerprint density at radius 2 is 1.95 bits per heavy atom. The van der Waals surface area contributed by atoms with Crippen molar-refractivity contribution in [2.75, 3.05) is 13.1 Å². The van der Waals surface area contributed by atoms with Gasteiger partial charge in [-0.1, -0.05) is 24.3 Å². The number of benzene rings is 1. The Bertz CT molecular complexity index is 456. The van der Waals surface area contributed by atoms with E-state index in [4.69, 9.17) is 5.73 Å². The number of likely N-dealkylation sites (tertiary alicyclic amines) is 1. The zero-order valence-corrected chi connectivity index (χ0v) is 10.9. The molecule has 1 aliphatic heterocycles. The Hall–Kier alpha value is -1.88. The van der Waals surface area contributed by atoms with Crippen molar-refractivity contribution in [3.63, 3.8) is 0 Å². The van der Waals surface area contributed by atoms with Gasteiger partial charge >= 0.3 is 0 Å². The molecule has 0 aliphatic carbocycles. The van der Waals surface area contributed by atoms with Crippen molar-refractivity contribution in [3.8, 4) is 0 Å². The summed E-state index contributed by atoms with van der Waals surface area (Å²) in [6, 6.07) is 7.80. The van der Waals surface area contributed by atoms with E-state index in [-0.39, 0.29) is 18.4 Å². The van der Waals surface area contributed by atoms with E-state index in [2.05, 4.69) is 5.32 Å². The number of nitrogens with zero attached hydrogens (tertiary/aromatic N) is 1. The summed E-state index contributed by atoms with van der Waals surface area (Å²) >= 11 is 0. The average Bonchev–Trinajstić information content (AvgIpc) is 2.82. The zero-order valence-electron chi connectivity index (χ0n) is 10.9. The highest BCUT2D eigenvalue weighted by atomic mass is 16.2. The molecule has 0 aromatic heterocycles. The van der Waals surface area contributed by atoms with E-state index in [0.29, 0.717) is 26.1 Å². The second-order valence-electron chi connectivity index (χ2n) is 4.72. The molecule has 5 nitrogen and oxygen atoms in total. The van der Waals surface area contributed by atoms with Crippen LogP contribution in [0, 0.1) is 0 Å². The Kier molecular flexibility index (Phi) is 4.52. The maximum absolute atomic E-state index is 11.7. The van der Waals surface area contributed by atoms with E-state index in [1.165, 1.54) is 0 Å². The van der Waals surface area contributed by atoms with Crippen LogP contribution in [0.15, 0.2) is 24.3 Å². The summed E-state index contributed by atoms with van der Waals surface area (Å²) < 4.78 is 0. The lowest BCUT2D eigenvalue weighted by Gasteiger charge is -2.15. The highest BCUT2D eigenvalue weighted by Gasteiger charge is 2.21. The van der Waals surface area contributed by atoms with E-state index in [1.807, 2.05) is 24.3 Å². The Morgan fingerprint density at radius 3 is 2.53 bits per heavy atom. The van der Waals surface area contributed by atoms with Crippen molar-refractivity contribution >= 4 is 11.8 Å². The summed E-state index contributed by atoms with van der Waals surface area (Å²) in [5, 5.41) is 2.82. The van der Waals surface area contributed by atoms with Crippen molar-refractivity contribution in [1.82, 2.24) is 10.2 Å². The molecule has 2 rings (SSSR count). The van der Waals surface area contributed by atoms with Gasteiger partial charge in [0.2, 0.25) is 11.8 Å². The molecule has 1 heterocycles. The third-order valence-corrected chi connectivity index (χ3v) is 3.25. The lowest BCUT2D eigenvalue weighted by molar-refractivity contribution is -0.133. The van der Waals surface area contributed by atoms with Crippen molar-refractivity contribution in [3.05, 3.63) is 35.4 Å². The number of carbonyl (C=O) groups is 2. The van der Waals surface area contributed by atoms with Gasteiger partial charge in [-0.25, -0.2) is 0 Å². The fourth-order valence-electron chi connectivity index (χ4n) is 2.09. The van der Waals surface area contributed by atoms with Crippen LogP contribution < -0.4 is 11.1 Å². The molecular formula is C14H19N3O2. The minimum absolute atomic E-state index is 0.0717. The van der Waals surface area contributed by atoms with Gasteiger partial charge in [0.1, 0.15) is 0 Å². The van der Waals surface area contributed by atoms with Gasteiger partial charge in [-0.05, 0) is 17.5 Å². The van der Waals surface area contributed by atoms with Gasteiger partial charge in [0, 0.05) is 26.1 Å². The summed E-state index contributed by atoms with van der Waals surface area (Å²) in [6.45, 7) is 1.85. The fourth-order valence-corrected chi connectivity index (χ4v) is 2.09. The molecule has 0 spiro atoms. The molecule has 0 radical (unpaired) electrons. The highest BCUT2D eigenvalue weighted by molar-refractivity contribution is 5.85. The van der Waals surface area contributed by atoms with Gasteiger partial charge < -0.3 is 16.0 Å². The molecule has 0 saturated carbocycles. The number of amides is 2. The average molecular weight is 261 g/mol. The number of nitrogens with two attached hydrogens (primary N) is 1. The van der Waals surface area contributed by atoms with Crippen LogP contribution >= 0.6 is 0 Å². The predicted molar refractivity (Wildman–Crippen MR) is 72.0 cm³/mol. The number of nitrogens with one attached hydrogen (secondary N) is 1. The van der Waals surface area contributed by atoms with Crippen LogP contribution in [-0.4, -0.2) is 29.8 Å². The van der Waals surface area contributed by atoms with Crippen LogP contribution in [0.5, 0.6) is 0 Å². The van der Waals surface area contributed by atoms with Gasteiger partial charge in [-0.15, -0.1) is 0 Å². The van der Waals surface area contributed by atoms with E-state index in [0.717, 1.165) is 17.5 Å². The molecule has 5 heteroatoms. The third-order valence-electron chi connectivity index (χ3n) is 3.25. The topological polar surface area (TPSA) is 75.4 Å². The minimum Gasteiger partial charge on any atom is -0.350 e. The number of hydrogen-bond acceptors (Lipinski definition) is 3. The molecule has 1 fully saturated rings. The smallest absolute Gasteiger partial charge is 0.239 e. The molecule has 1 saturated heterocycles. The van der Waals surface area contributed by atoms with Crippen LogP contribution in [0.2, 0.25) is 0 Å². The standard InChI is InChI=1S/C14H19N3O2/c15-8-11-3-5-12(6-4-11)9-16-13(18)10-17-7-1-2-14(17)19/h3-6H,1-2,7-10,15H2,(H,16,18). The minimum atomic E-state index is -0.113. The van der Waals surface area contributed by atoms with Gasteiger partial charge in [0.25, 0.3) is 0 Å². The maximum atomic E-state index is 11.7. The van der Waals surface area contributed by atoms with Gasteiger partial charge in [-0.3, -0.25) is 9.59 Å². The quantitative estimate of drug-likeness (QED) is 0.805. The molecule has 0 bridgehead atoms. The first-order valence-corrected chi connectivity index (χ1v) is 6.51. The maximum Gasteiger partial charge on any atom is 0.239 e. The van der Waals surface area contributed by atoms with E-state index in [9.17, 15) is 9.59 Å². The van der Waals surface area contributed by atoms with Crippen LogP contribution in [0.25, 0.3) is 0 Å². The second-order valence-corrected chi connectivity index (χ2v) is 4.72.